The molecule has 4 aliphatic rings. The van der Waals surface area contributed by atoms with Crippen molar-refractivity contribution in [1.29, 1.82) is 0 Å². The zero-order valence-corrected chi connectivity index (χ0v) is 23.0. The summed E-state index contributed by atoms with van der Waals surface area (Å²) in [5, 5.41) is 0.801. The van der Waals surface area contributed by atoms with E-state index in [-0.39, 0.29) is 58.8 Å². The number of esters is 1. The fourth-order valence-corrected chi connectivity index (χ4v) is 10.3. The first-order valence-electron chi connectivity index (χ1n) is 13.3. The number of para-hydroxylation sites is 1. The number of thiazole rings is 1. The Kier molecular flexibility index (Phi) is 6.12. The molecule has 3 fully saturated rings. The van der Waals surface area contributed by atoms with Crippen molar-refractivity contribution in [3.05, 3.63) is 74.5 Å². The van der Waals surface area contributed by atoms with E-state index in [0.29, 0.717) is 11.4 Å². The number of aromatic amines is 1. The molecule has 1 aromatic heterocycles. The van der Waals surface area contributed by atoms with Gasteiger partial charge in [-0.3, -0.25) is 19.3 Å². The molecule has 3 aromatic rings. The van der Waals surface area contributed by atoms with Crippen molar-refractivity contribution in [3.8, 4) is 5.75 Å². The first kappa shape index (κ1) is 25.5. The fourth-order valence-electron chi connectivity index (χ4n) is 7.42. The zero-order valence-electron chi connectivity index (χ0n) is 21.4. The van der Waals surface area contributed by atoms with Gasteiger partial charge in [0.15, 0.2) is 6.61 Å². The van der Waals surface area contributed by atoms with E-state index >= 15 is 0 Å². The SMILES string of the molecule is CCOC(=O)COc1ccccc1[C@H]1c2sc(=O)[nH]c2SC2C1[C@H]1C[C@@H]2C2C(=O)N(c3ccc(F)cc3)C(=O)C21. The van der Waals surface area contributed by atoms with Crippen molar-refractivity contribution in [1.82, 2.24) is 4.98 Å². The predicted molar refractivity (Wildman–Crippen MR) is 146 cm³/mol. The number of hydrogen-bond donors (Lipinski definition) is 1. The summed E-state index contributed by atoms with van der Waals surface area (Å²) in [5.74, 6) is -2.16. The molecule has 11 heteroatoms. The van der Waals surface area contributed by atoms with E-state index in [2.05, 4.69) is 4.98 Å². The molecule has 1 N–H and O–H groups in total. The van der Waals surface area contributed by atoms with E-state index in [0.717, 1.165) is 33.2 Å². The first-order chi connectivity index (χ1) is 19.4. The highest BCUT2D eigenvalue weighted by atomic mass is 32.2. The van der Waals surface area contributed by atoms with Crippen LogP contribution in [0.1, 0.15) is 29.7 Å². The zero-order chi connectivity index (χ0) is 27.7. The Morgan fingerprint density at radius 3 is 2.52 bits per heavy atom. The number of nitrogens with zero attached hydrogens (tertiary/aromatic N) is 1. The lowest BCUT2D eigenvalue weighted by molar-refractivity contribution is -0.145. The second-order valence-electron chi connectivity index (χ2n) is 10.6. The van der Waals surface area contributed by atoms with Gasteiger partial charge in [-0.05, 0) is 61.4 Å². The van der Waals surface area contributed by atoms with Gasteiger partial charge in [-0.15, -0.1) is 11.8 Å². The highest BCUT2D eigenvalue weighted by Crippen LogP contribution is 2.69. The number of aromatic nitrogens is 1. The van der Waals surface area contributed by atoms with Gasteiger partial charge in [-0.25, -0.2) is 9.18 Å². The minimum atomic E-state index is -0.475. The number of amides is 2. The lowest BCUT2D eigenvalue weighted by atomic mass is 9.68. The smallest absolute Gasteiger partial charge is 0.344 e. The molecule has 2 aliphatic carbocycles. The lowest BCUT2D eigenvalue weighted by Crippen LogP contribution is -2.42. The fraction of sp³-hybridized carbons (Fsp3) is 0.379. The third kappa shape index (κ3) is 3.77. The Labute approximate surface area is 236 Å². The van der Waals surface area contributed by atoms with Crippen LogP contribution in [0.5, 0.6) is 5.75 Å². The molecule has 8 nitrogen and oxygen atoms in total. The molecule has 40 heavy (non-hydrogen) atoms. The van der Waals surface area contributed by atoms with Gasteiger partial charge < -0.3 is 14.5 Å². The normalized spacial score (nSPS) is 29.8. The summed E-state index contributed by atoms with van der Waals surface area (Å²) < 4.78 is 24.6. The Morgan fingerprint density at radius 1 is 1.05 bits per heavy atom. The monoisotopic (exact) mass is 580 g/mol. The summed E-state index contributed by atoms with van der Waals surface area (Å²) in [6, 6.07) is 12.9. The molecular weight excluding hydrogens is 555 g/mol. The van der Waals surface area contributed by atoms with Crippen LogP contribution in [-0.4, -0.2) is 41.2 Å². The molecule has 2 saturated carbocycles. The average Bonchev–Trinajstić information content (AvgIpc) is 3.67. The Morgan fingerprint density at radius 2 is 1.77 bits per heavy atom. The molecule has 7 rings (SSSR count). The highest BCUT2D eigenvalue weighted by molar-refractivity contribution is 8.00. The largest absolute Gasteiger partial charge is 0.482 e. The number of hydrogen-bond acceptors (Lipinski definition) is 8. The van der Waals surface area contributed by atoms with Crippen LogP contribution in [0.15, 0.2) is 58.4 Å². The number of imide groups is 1. The molecule has 2 amide bonds. The molecule has 1 saturated heterocycles. The number of nitrogens with one attached hydrogen (secondary N) is 1. The summed E-state index contributed by atoms with van der Waals surface area (Å²) in [4.78, 5) is 57.1. The topological polar surface area (TPSA) is 106 Å². The molecule has 0 radical (unpaired) electrons. The minimum absolute atomic E-state index is 0.0111. The minimum Gasteiger partial charge on any atom is -0.482 e. The maximum absolute atomic E-state index is 13.8. The van der Waals surface area contributed by atoms with Gasteiger partial charge in [0.05, 0.1) is 29.2 Å². The Balaban J connectivity index is 1.28. The van der Waals surface area contributed by atoms with Crippen molar-refractivity contribution in [3.63, 3.8) is 0 Å². The van der Waals surface area contributed by atoms with E-state index in [9.17, 15) is 23.6 Å². The molecule has 7 atom stereocenters. The summed E-state index contributed by atoms with van der Waals surface area (Å²) in [7, 11) is 0. The summed E-state index contributed by atoms with van der Waals surface area (Å²) >= 11 is 2.76. The van der Waals surface area contributed by atoms with Crippen LogP contribution in [0.4, 0.5) is 10.1 Å². The molecule has 0 spiro atoms. The lowest BCUT2D eigenvalue weighted by Gasteiger charge is -2.43. The number of ether oxygens (including phenoxy) is 2. The number of halogens is 1. The van der Waals surface area contributed by atoms with Gasteiger partial charge in [0.1, 0.15) is 11.6 Å². The van der Waals surface area contributed by atoms with Crippen molar-refractivity contribution in [2.24, 2.45) is 29.6 Å². The van der Waals surface area contributed by atoms with Crippen LogP contribution in [0.3, 0.4) is 0 Å². The van der Waals surface area contributed by atoms with Crippen molar-refractivity contribution >= 4 is 46.6 Å². The van der Waals surface area contributed by atoms with Crippen molar-refractivity contribution < 1.29 is 28.2 Å². The van der Waals surface area contributed by atoms with Crippen LogP contribution in [0.2, 0.25) is 0 Å². The van der Waals surface area contributed by atoms with Crippen LogP contribution in [0, 0.1) is 35.4 Å². The molecule has 2 aromatic carbocycles. The summed E-state index contributed by atoms with van der Waals surface area (Å²) in [6.07, 6.45) is 0.744. The maximum atomic E-state index is 13.8. The average molecular weight is 581 g/mol. The van der Waals surface area contributed by atoms with E-state index in [1.165, 1.54) is 29.2 Å². The number of carbonyl (C=O) groups is 3. The second-order valence-corrected chi connectivity index (χ2v) is 12.8. The van der Waals surface area contributed by atoms with Crippen LogP contribution < -0.4 is 14.5 Å². The predicted octanol–water partition coefficient (Wildman–Crippen LogP) is 4.20. The quantitative estimate of drug-likeness (QED) is 0.344. The molecule has 206 valence electrons. The number of thioether (sulfide) groups is 1. The first-order valence-corrected chi connectivity index (χ1v) is 15.0. The Bertz CT molecular complexity index is 1590. The third-order valence-electron chi connectivity index (χ3n) is 8.71. The van der Waals surface area contributed by atoms with Gasteiger partial charge >= 0.3 is 10.8 Å². The number of anilines is 1. The van der Waals surface area contributed by atoms with E-state index in [1.54, 1.807) is 24.8 Å². The van der Waals surface area contributed by atoms with Gasteiger partial charge in [0.2, 0.25) is 11.8 Å². The van der Waals surface area contributed by atoms with Gasteiger partial charge in [0.25, 0.3) is 0 Å². The summed E-state index contributed by atoms with van der Waals surface area (Å²) in [6.45, 7) is 1.74. The summed E-state index contributed by atoms with van der Waals surface area (Å²) in [5.41, 5.74) is 1.23. The highest BCUT2D eigenvalue weighted by Gasteiger charge is 2.69. The maximum Gasteiger partial charge on any atom is 0.344 e. The standard InChI is InChI=1S/C29H25FN2O6S2/c1-2-37-19(33)12-38-18-6-4-3-5-15(18)20-21-16-11-17(24(21)39-26-25(20)40-29(36)31-26)23-22(16)27(34)32(28(23)35)14-9-7-13(30)8-10-14/h3-10,16-17,20-24H,2,11-12H2,1H3,(H,31,36)/t16-,17-,20-,21?,22?,23?,24?/m1/s1. The third-order valence-corrected chi connectivity index (χ3v) is 11.3. The Hall–Kier alpha value is -3.44. The van der Waals surface area contributed by atoms with Crippen molar-refractivity contribution in [2.75, 3.05) is 18.1 Å². The molecule has 2 aliphatic heterocycles. The van der Waals surface area contributed by atoms with Crippen LogP contribution >= 0.6 is 23.1 Å². The van der Waals surface area contributed by atoms with Gasteiger partial charge in [-0.2, -0.15) is 0 Å². The number of fused-ring (bicyclic) bond motifs is 9. The number of carbonyl (C=O) groups excluding carboxylic acids is 3. The number of benzene rings is 2. The van der Waals surface area contributed by atoms with Crippen molar-refractivity contribution in [2.45, 2.75) is 29.5 Å². The molecular formula is C29H25FN2O6S2. The molecule has 3 heterocycles. The molecule has 2 bridgehead atoms. The van der Waals surface area contributed by atoms with Crippen LogP contribution in [-0.2, 0) is 19.1 Å². The number of rotatable bonds is 6. The van der Waals surface area contributed by atoms with E-state index in [1.807, 2.05) is 18.2 Å². The number of H-pyrrole nitrogens is 1. The van der Waals surface area contributed by atoms with Crippen LogP contribution in [0.25, 0.3) is 0 Å². The second kappa shape index (κ2) is 9.59. The van der Waals surface area contributed by atoms with E-state index in [4.69, 9.17) is 9.47 Å². The van der Waals surface area contributed by atoms with Gasteiger partial charge in [0, 0.05) is 21.6 Å². The molecule has 4 unspecified atom stereocenters. The van der Waals surface area contributed by atoms with E-state index < -0.39 is 23.6 Å². The van der Waals surface area contributed by atoms with Gasteiger partial charge in [-0.1, -0.05) is 29.5 Å².